The topological polar surface area (TPSA) is 68.3 Å². The Hall–Kier alpha value is -3.85. The van der Waals surface area contributed by atoms with Crippen molar-refractivity contribution in [2.75, 3.05) is 12.2 Å². The van der Waals surface area contributed by atoms with Gasteiger partial charge in [0.15, 0.2) is 0 Å². The molecule has 0 bridgehead atoms. The third-order valence-corrected chi connectivity index (χ3v) is 6.21. The number of amides is 1. The fourth-order valence-electron chi connectivity index (χ4n) is 4.44. The Morgan fingerprint density at radius 1 is 0.905 bits per heavy atom. The summed E-state index contributed by atoms with van der Waals surface area (Å²) >= 11 is 0. The number of carbonyl (C=O) groups excluding carboxylic acids is 2. The van der Waals surface area contributed by atoms with E-state index < -0.39 is 77.8 Å². The molecule has 0 aliphatic carbocycles. The molecule has 42 heavy (non-hydrogen) atoms. The van der Waals surface area contributed by atoms with E-state index in [1.165, 1.54) is 20.8 Å². The zero-order valence-electron chi connectivity index (χ0n) is 22.4. The Kier molecular flexibility index (Phi) is 9.17. The van der Waals surface area contributed by atoms with Gasteiger partial charge in [-0.3, -0.25) is 4.90 Å². The molecule has 1 aliphatic rings. The van der Waals surface area contributed by atoms with E-state index in [9.17, 15) is 49.1 Å². The maximum absolute atomic E-state index is 13.7. The van der Waals surface area contributed by atoms with Crippen molar-refractivity contribution in [2.24, 2.45) is 0 Å². The van der Waals surface area contributed by atoms with Crippen molar-refractivity contribution in [1.82, 2.24) is 4.90 Å². The molecule has 3 rings (SSSR count). The minimum Gasteiger partial charge on any atom is -0.453 e. The number of benzene rings is 2. The number of ether oxygens (including phenoxy) is 2. The van der Waals surface area contributed by atoms with E-state index in [0.29, 0.717) is 24.3 Å². The van der Waals surface area contributed by atoms with Crippen LogP contribution in [0.15, 0.2) is 36.4 Å². The summed E-state index contributed by atoms with van der Waals surface area (Å²) in [6.45, 7) is 3.61. The van der Waals surface area contributed by atoms with Gasteiger partial charge in [-0.2, -0.15) is 39.5 Å². The molecule has 0 fully saturated rings. The molecule has 2 aromatic carbocycles. The Morgan fingerprint density at radius 2 is 1.45 bits per heavy atom. The van der Waals surface area contributed by atoms with E-state index in [0.717, 1.165) is 23.1 Å². The molecular weight excluding hydrogens is 591 g/mol. The normalized spacial score (nSPS) is 17.5. The van der Waals surface area contributed by atoms with Gasteiger partial charge in [-0.25, -0.2) is 14.7 Å². The van der Waals surface area contributed by atoms with Crippen molar-refractivity contribution in [1.29, 1.82) is 0 Å². The average molecular weight is 616 g/mol. The first-order valence-corrected chi connectivity index (χ1v) is 12.2. The van der Waals surface area contributed by atoms with Gasteiger partial charge in [0.2, 0.25) is 0 Å². The van der Waals surface area contributed by atoms with Gasteiger partial charge in [0.1, 0.15) is 0 Å². The molecular formula is C26H25F9N2O5. The van der Waals surface area contributed by atoms with Crippen molar-refractivity contribution in [2.45, 2.75) is 70.5 Å². The van der Waals surface area contributed by atoms with E-state index in [-0.39, 0.29) is 23.7 Å². The summed E-state index contributed by atoms with van der Waals surface area (Å²) in [6, 6.07) is 0.787. The molecule has 0 aromatic heterocycles. The molecule has 0 saturated heterocycles. The fraction of sp³-hybridized carbons (Fsp3) is 0.462. The van der Waals surface area contributed by atoms with Gasteiger partial charge in [0.25, 0.3) is 0 Å². The number of carbonyl (C=O) groups is 2. The monoisotopic (exact) mass is 616 g/mol. The molecule has 0 saturated carbocycles. The highest BCUT2D eigenvalue weighted by Gasteiger charge is 2.42. The minimum absolute atomic E-state index is 0.0922. The van der Waals surface area contributed by atoms with E-state index in [1.54, 1.807) is 0 Å². The number of hydroxylamine groups is 1. The number of nitrogens with zero attached hydrogens (tertiary/aromatic N) is 2. The van der Waals surface area contributed by atoms with Crippen molar-refractivity contribution in [3.8, 4) is 0 Å². The molecule has 0 radical (unpaired) electrons. The lowest BCUT2D eigenvalue weighted by Crippen LogP contribution is -2.46. The second-order valence-electron chi connectivity index (χ2n) is 9.72. The molecule has 1 aliphatic heterocycles. The predicted molar refractivity (Wildman–Crippen MR) is 128 cm³/mol. The molecule has 2 atom stereocenters. The number of anilines is 1. The molecule has 0 unspecified atom stereocenters. The van der Waals surface area contributed by atoms with E-state index >= 15 is 0 Å². The Labute approximate surface area is 233 Å². The number of rotatable bonds is 5. The van der Waals surface area contributed by atoms with E-state index in [1.807, 2.05) is 0 Å². The standard InChI is InChI=1S/C26H25F9N2O5/c1-13(2)41-23(39)42-37-14(3)7-21(19-11-16(24(27,28)29)5-6-20(19)37)36(22(38)40-4)12-15-8-17(25(30,31)32)10-18(9-15)26(33,34)35/h5-6,8-11,13-14,21H,7,12H2,1-4H3/t14-,21+/m1/s1. The number of hydrogen-bond donors (Lipinski definition) is 0. The third-order valence-electron chi connectivity index (χ3n) is 6.21. The van der Waals surface area contributed by atoms with Crippen LogP contribution in [0, 0.1) is 0 Å². The summed E-state index contributed by atoms with van der Waals surface area (Å²) < 4.78 is 131. The third kappa shape index (κ3) is 7.50. The van der Waals surface area contributed by atoms with Gasteiger partial charge in [-0.15, -0.1) is 0 Å². The van der Waals surface area contributed by atoms with E-state index in [2.05, 4.69) is 0 Å². The van der Waals surface area contributed by atoms with Gasteiger partial charge in [0, 0.05) is 12.1 Å². The molecule has 232 valence electrons. The number of alkyl halides is 9. The number of halogens is 9. The summed E-state index contributed by atoms with van der Waals surface area (Å²) in [4.78, 5) is 31.0. The van der Waals surface area contributed by atoms with Crippen LogP contribution in [0.2, 0.25) is 0 Å². The lowest BCUT2D eigenvalue weighted by molar-refractivity contribution is -0.143. The molecule has 7 nitrogen and oxygen atoms in total. The van der Waals surface area contributed by atoms with E-state index in [4.69, 9.17) is 14.3 Å². The van der Waals surface area contributed by atoms with Crippen molar-refractivity contribution >= 4 is 17.9 Å². The van der Waals surface area contributed by atoms with Crippen LogP contribution < -0.4 is 5.06 Å². The van der Waals surface area contributed by atoms with Crippen molar-refractivity contribution in [3.63, 3.8) is 0 Å². The van der Waals surface area contributed by atoms with Gasteiger partial charge >= 0.3 is 30.8 Å². The van der Waals surface area contributed by atoms with Crippen LogP contribution in [0.4, 0.5) is 54.8 Å². The molecule has 0 N–H and O–H groups in total. The highest BCUT2D eigenvalue weighted by molar-refractivity contribution is 5.71. The highest BCUT2D eigenvalue weighted by Crippen LogP contribution is 2.45. The van der Waals surface area contributed by atoms with Crippen LogP contribution in [0.1, 0.15) is 61.1 Å². The Bertz CT molecular complexity index is 1280. The number of hydrogen-bond acceptors (Lipinski definition) is 6. The lowest BCUT2D eigenvalue weighted by Gasteiger charge is -2.42. The smallest absolute Gasteiger partial charge is 0.453 e. The first-order chi connectivity index (χ1) is 19.2. The summed E-state index contributed by atoms with van der Waals surface area (Å²) in [5, 5.41) is 0.957. The largest absolute Gasteiger partial charge is 0.533 e. The van der Waals surface area contributed by atoms with Gasteiger partial charge < -0.3 is 14.3 Å². The molecule has 0 spiro atoms. The first-order valence-electron chi connectivity index (χ1n) is 12.2. The SMILES string of the molecule is COC(=O)N(Cc1cc(C(F)(F)F)cc(C(F)(F)F)c1)[C@H]1C[C@@H](C)N(OC(=O)OC(C)C)c2ccc(C(F)(F)F)cc21. The molecule has 1 heterocycles. The summed E-state index contributed by atoms with van der Waals surface area (Å²) in [5.41, 5.74) is -5.44. The quantitative estimate of drug-likeness (QED) is 0.250. The number of fused-ring (bicyclic) bond motifs is 1. The zero-order chi connectivity index (χ0) is 31.8. The maximum atomic E-state index is 13.7. The van der Waals surface area contributed by atoms with Crippen LogP contribution in [-0.4, -0.2) is 36.4 Å². The molecule has 1 amide bonds. The van der Waals surface area contributed by atoms with Crippen LogP contribution in [0.3, 0.4) is 0 Å². The summed E-state index contributed by atoms with van der Waals surface area (Å²) in [7, 11) is 0.888. The fourth-order valence-corrected chi connectivity index (χ4v) is 4.44. The van der Waals surface area contributed by atoms with Gasteiger partial charge in [-0.05, 0) is 69.2 Å². The molecule has 16 heteroatoms. The Morgan fingerprint density at radius 3 is 1.93 bits per heavy atom. The lowest BCUT2D eigenvalue weighted by atomic mass is 9.90. The summed E-state index contributed by atoms with van der Waals surface area (Å²) in [5.74, 6) is 0. The average Bonchev–Trinajstić information content (AvgIpc) is 2.86. The van der Waals surface area contributed by atoms with Crippen LogP contribution >= 0.6 is 0 Å². The van der Waals surface area contributed by atoms with Crippen LogP contribution in [0.25, 0.3) is 0 Å². The maximum Gasteiger partial charge on any atom is 0.533 e. The van der Waals surface area contributed by atoms with Crippen molar-refractivity contribution in [3.05, 3.63) is 64.2 Å². The summed E-state index contributed by atoms with van der Waals surface area (Å²) in [6.07, 6.45) is -18.5. The Balaban J connectivity index is 2.16. The second-order valence-corrected chi connectivity index (χ2v) is 9.72. The van der Waals surface area contributed by atoms with Crippen LogP contribution in [-0.2, 0) is 39.4 Å². The first kappa shape index (κ1) is 32.7. The van der Waals surface area contributed by atoms with Crippen molar-refractivity contribution < 1.29 is 63.4 Å². The van der Waals surface area contributed by atoms with Crippen LogP contribution in [0.5, 0.6) is 0 Å². The second kappa shape index (κ2) is 11.8. The number of methoxy groups -OCH3 is 1. The van der Waals surface area contributed by atoms with Gasteiger partial charge in [-0.1, -0.05) is 0 Å². The minimum atomic E-state index is -5.18. The van der Waals surface area contributed by atoms with Gasteiger partial charge in [0.05, 0.1) is 47.7 Å². The predicted octanol–water partition coefficient (Wildman–Crippen LogP) is 8.13. The zero-order valence-corrected chi connectivity index (χ0v) is 22.4. The molecule has 2 aromatic rings. The highest BCUT2D eigenvalue weighted by atomic mass is 19.4.